The summed E-state index contributed by atoms with van der Waals surface area (Å²) in [5, 5.41) is 3.50. The summed E-state index contributed by atoms with van der Waals surface area (Å²) in [4.78, 5) is 8.54. The summed E-state index contributed by atoms with van der Waals surface area (Å²) < 4.78 is 5.51. The van der Waals surface area contributed by atoms with Gasteiger partial charge in [-0.05, 0) is 25.7 Å². The van der Waals surface area contributed by atoms with Gasteiger partial charge in [-0.1, -0.05) is 13.3 Å². The predicted molar refractivity (Wildman–Crippen MR) is 75.9 cm³/mol. The molecule has 0 radical (unpaired) electrons. The zero-order valence-corrected chi connectivity index (χ0v) is 11.6. The number of hydrogen-bond donors (Lipinski definition) is 3. The Bertz CT molecular complexity index is 412. The Hall–Kier alpha value is -1.40. The summed E-state index contributed by atoms with van der Waals surface area (Å²) in [6, 6.07) is 0.320. The van der Waals surface area contributed by atoms with Crippen LogP contribution in [0.2, 0.25) is 0 Å². The van der Waals surface area contributed by atoms with Crippen molar-refractivity contribution in [2.45, 2.75) is 51.2 Å². The molecule has 1 aromatic heterocycles. The van der Waals surface area contributed by atoms with Crippen molar-refractivity contribution < 1.29 is 4.74 Å². The Morgan fingerprint density at radius 3 is 2.84 bits per heavy atom. The Labute approximate surface area is 114 Å². The molecule has 2 unspecified atom stereocenters. The third-order valence-corrected chi connectivity index (χ3v) is 3.66. The third kappa shape index (κ3) is 3.13. The maximum Gasteiger partial charge on any atom is 0.148 e. The molecular formula is C13H23N5O. The van der Waals surface area contributed by atoms with E-state index in [-0.39, 0.29) is 6.10 Å². The average molecular weight is 265 g/mol. The Morgan fingerprint density at radius 2 is 2.16 bits per heavy atom. The fourth-order valence-corrected chi connectivity index (χ4v) is 2.70. The summed E-state index contributed by atoms with van der Waals surface area (Å²) in [5.41, 5.74) is 3.70. The number of nitrogens with two attached hydrogens (primary N) is 1. The molecule has 1 aliphatic rings. The van der Waals surface area contributed by atoms with E-state index >= 15 is 0 Å². The van der Waals surface area contributed by atoms with Crippen molar-refractivity contribution >= 4 is 11.6 Å². The first-order valence-electron chi connectivity index (χ1n) is 6.90. The van der Waals surface area contributed by atoms with E-state index in [0.29, 0.717) is 11.9 Å². The first-order chi connectivity index (χ1) is 9.30. The number of nitrogen functional groups attached to an aromatic ring is 1. The van der Waals surface area contributed by atoms with E-state index in [1.54, 1.807) is 7.11 Å². The molecule has 19 heavy (non-hydrogen) atoms. The molecule has 0 aromatic carbocycles. The highest BCUT2D eigenvalue weighted by atomic mass is 16.5. The van der Waals surface area contributed by atoms with E-state index in [1.807, 2.05) is 0 Å². The van der Waals surface area contributed by atoms with Gasteiger partial charge in [0.2, 0.25) is 0 Å². The number of methoxy groups -OCH3 is 1. The number of hydrazine groups is 1. The Morgan fingerprint density at radius 1 is 1.37 bits per heavy atom. The van der Waals surface area contributed by atoms with Crippen LogP contribution >= 0.6 is 0 Å². The molecule has 0 spiro atoms. The normalized spacial score (nSPS) is 22.5. The van der Waals surface area contributed by atoms with Crippen LogP contribution in [0.15, 0.2) is 6.33 Å². The summed E-state index contributed by atoms with van der Waals surface area (Å²) in [5.74, 6) is 7.09. The molecule has 0 saturated heterocycles. The maximum absolute atomic E-state index is 5.52. The van der Waals surface area contributed by atoms with E-state index in [1.165, 1.54) is 12.7 Å². The molecule has 6 nitrogen and oxygen atoms in total. The third-order valence-electron chi connectivity index (χ3n) is 3.66. The second kappa shape index (κ2) is 6.68. The van der Waals surface area contributed by atoms with E-state index in [2.05, 4.69) is 27.6 Å². The van der Waals surface area contributed by atoms with Gasteiger partial charge in [0.1, 0.15) is 18.0 Å². The van der Waals surface area contributed by atoms with Gasteiger partial charge in [-0.25, -0.2) is 15.8 Å². The van der Waals surface area contributed by atoms with Gasteiger partial charge < -0.3 is 15.5 Å². The van der Waals surface area contributed by atoms with Crippen molar-refractivity contribution in [3.63, 3.8) is 0 Å². The van der Waals surface area contributed by atoms with Crippen molar-refractivity contribution in [1.82, 2.24) is 9.97 Å². The molecule has 6 heteroatoms. The Balaban J connectivity index is 2.19. The fourth-order valence-electron chi connectivity index (χ4n) is 2.70. The van der Waals surface area contributed by atoms with Gasteiger partial charge >= 0.3 is 0 Å². The van der Waals surface area contributed by atoms with Crippen molar-refractivity contribution in [2.24, 2.45) is 5.84 Å². The summed E-state index contributed by atoms with van der Waals surface area (Å²) >= 11 is 0. The van der Waals surface area contributed by atoms with Crippen LogP contribution in [0.25, 0.3) is 0 Å². The van der Waals surface area contributed by atoms with Crippen LogP contribution < -0.4 is 16.6 Å². The lowest BCUT2D eigenvalue weighted by Crippen LogP contribution is -2.31. The molecule has 1 heterocycles. The smallest absolute Gasteiger partial charge is 0.148 e. The standard InChI is InChI=1S/C13H23N5O/c1-3-5-9-12(15-8-16-13(9)18-14)17-10-6-4-7-11(10)19-2/h8,10-11H,3-7,14H2,1-2H3,(H2,15,16,17,18). The molecule has 1 saturated carbocycles. The molecular weight excluding hydrogens is 242 g/mol. The maximum atomic E-state index is 5.52. The van der Waals surface area contributed by atoms with Gasteiger partial charge in [-0.2, -0.15) is 0 Å². The second-order valence-corrected chi connectivity index (χ2v) is 4.90. The van der Waals surface area contributed by atoms with Gasteiger partial charge in [-0.3, -0.25) is 0 Å². The molecule has 2 atom stereocenters. The van der Waals surface area contributed by atoms with Crippen LogP contribution in [0.4, 0.5) is 11.6 Å². The highest BCUT2D eigenvalue weighted by Crippen LogP contribution is 2.27. The second-order valence-electron chi connectivity index (χ2n) is 4.90. The van der Waals surface area contributed by atoms with Gasteiger partial charge in [-0.15, -0.1) is 0 Å². The van der Waals surface area contributed by atoms with Crippen LogP contribution in [-0.4, -0.2) is 29.2 Å². The lowest BCUT2D eigenvalue weighted by molar-refractivity contribution is 0.101. The zero-order valence-electron chi connectivity index (χ0n) is 11.6. The fraction of sp³-hybridized carbons (Fsp3) is 0.692. The lowest BCUT2D eigenvalue weighted by Gasteiger charge is -2.22. The largest absolute Gasteiger partial charge is 0.379 e. The highest BCUT2D eigenvalue weighted by molar-refractivity contribution is 5.57. The zero-order chi connectivity index (χ0) is 13.7. The molecule has 4 N–H and O–H groups in total. The molecule has 1 aromatic rings. The van der Waals surface area contributed by atoms with Crippen LogP contribution in [0.3, 0.4) is 0 Å². The number of aromatic nitrogens is 2. The summed E-state index contributed by atoms with van der Waals surface area (Å²) in [6.07, 6.45) is 7.12. The summed E-state index contributed by atoms with van der Waals surface area (Å²) in [6.45, 7) is 2.13. The van der Waals surface area contributed by atoms with Crippen LogP contribution in [0, 0.1) is 0 Å². The molecule has 1 aliphatic carbocycles. The predicted octanol–water partition coefficient (Wildman–Crippen LogP) is 1.69. The number of nitrogens with one attached hydrogen (secondary N) is 2. The molecule has 1 fully saturated rings. The minimum atomic E-state index is 0.263. The average Bonchev–Trinajstić information content (AvgIpc) is 2.88. The van der Waals surface area contributed by atoms with Gasteiger partial charge in [0.05, 0.1) is 12.1 Å². The molecule has 2 rings (SSSR count). The molecule has 0 aliphatic heterocycles. The SMILES string of the molecule is CCCc1c(NN)ncnc1NC1CCCC1OC. The Kier molecular flexibility index (Phi) is 4.93. The van der Waals surface area contributed by atoms with E-state index in [9.17, 15) is 0 Å². The van der Waals surface area contributed by atoms with Crippen molar-refractivity contribution in [1.29, 1.82) is 0 Å². The van der Waals surface area contributed by atoms with Crippen LogP contribution in [0.5, 0.6) is 0 Å². The minimum absolute atomic E-state index is 0.263. The quantitative estimate of drug-likeness (QED) is 0.536. The van der Waals surface area contributed by atoms with E-state index in [0.717, 1.165) is 37.1 Å². The number of anilines is 2. The number of ether oxygens (including phenoxy) is 1. The van der Waals surface area contributed by atoms with Gasteiger partial charge in [0, 0.05) is 12.7 Å². The molecule has 0 amide bonds. The molecule has 106 valence electrons. The van der Waals surface area contributed by atoms with Crippen molar-refractivity contribution in [3.8, 4) is 0 Å². The van der Waals surface area contributed by atoms with E-state index < -0.39 is 0 Å². The minimum Gasteiger partial charge on any atom is -0.379 e. The number of rotatable bonds is 6. The van der Waals surface area contributed by atoms with E-state index in [4.69, 9.17) is 10.6 Å². The topological polar surface area (TPSA) is 85.1 Å². The lowest BCUT2D eigenvalue weighted by atomic mass is 10.1. The molecule has 0 bridgehead atoms. The van der Waals surface area contributed by atoms with Gasteiger partial charge in [0.15, 0.2) is 0 Å². The van der Waals surface area contributed by atoms with Crippen LogP contribution in [-0.2, 0) is 11.2 Å². The first kappa shape index (κ1) is 14.0. The van der Waals surface area contributed by atoms with Crippen molar-refractivity contribution in [2.75, 3.05) is 17.9 Å². The first-order valence-corrected chi connectivity index (χ1v) is 6.90. The highest BCUT2D eigenvalue weighted by Gasteiger charge is 2.28. The van der Waals surface area contributed by atoms with Crippen molar-refractivity contribution in [3.05, 3.63) is 11.9 Å². The van der Waals surface area contributed by atoms with Gasteiger partial charge in [0.25, 0.3) is 0 Å². The number of hydrogen-bond acceptors (Lipinski definition) is 6. The summed E-state index contributed by atoms with van der Waals surface area (Å²) in [7, 11) is 1.77. The monoisotopic (exact) mass is 265 g/mol. The van der Waals surface area contributed by atoms with Crippen LogP contribution in [0.1, 0.15) is 38.2 Å². The number of nitrogens with zero attached hydrogens (tertiary/aromatic N) is 2.